The van der Waals surface area contributed by atoms with Crippen molar-refractivity contribution in [2.24, 2.45) is 12.8 Å². The van der Waals surface area contributed by atoms with Gasteiger partial charge in [-0.1, -0.05) is 12.1 Å². The minimum absolute atomic E-state index is 0.283. The molecule has 1 aromatic heterocycles. The molecule has 0 fully saturated rings. The standard InChI is InChI=1S/C14H16F3N3O/c1-8-12(9(2)20(3)19-8)13(18)10-5-4-6-11(7-10)21-14(15,16)17/h4-7,13H,18H2,1-3H3. The summed E-state index contributed by atoms with van der Waals surface area (Å²) in [7, 11) is 1.79. The number of alkyl halides is 3. The van der Waals surface area contributed by atoms with Crippen LogP contribution in [0, 0.1) is 13.8 Å². The van der Waals surface area contributed by atoms with Crippen LogP contribution in [0.1, 0.15) is 28.6 Å². The van der Waals surface area contributed by atoms with Crippen molar-refractivity contribution in [3.8, 4) is 5.75 Å². The third kappa shape index (κ3) is 3.36. The summed E-state index contributed by atoms with van der Waals surface area (Å²) in [5.74, 6) is -0.283. The molecule has 0 spiro atoms. The summed E-state index contributed by atoms with van der Waals surface area (Å²) in [5, 5.41) is 4.26. The zero-order chi connectivity index (χ0) is 15.8. The van der Waals surface area contributed by atoms with Gasteiger partial charge in [-0.3, -0.25) is 4.68 Å². The summed E-state index contributed by atoms with van der Waals surface area (Å²) < 4.78 is 42.4. The average Bonchev–Trinajstić information content (AvgIpc) is 2.61. The number of aromatic nitrogens is 2. The highest BCUT2D eigenvalue weighted by molar-refractivity contribution is 5.39. The van der Waals surface area contributed by atoms with Gasteiger partial charge in [-0.25, -0.2) is 0 Å². The van der Waals surface area contributed by atoms with E-state index in [0.717, 1.165) is 17.0 Å². The molecule has 2 N–H and O–H groups in total. The molecule has 0 saturated heterocycles. The summed E-state index contributed by atoms with van der Waals surface area (Å²) in [5.41, 5.74) is 9.15. The van der Waals surface area contributed by atoms with Crippen molar-refractivity contribution in [2.45, 2.75) is 26.3 Å². The van der Waals surface area contributed by atoms with Crippen LogP contribution < -0.4 is 10.5 Å². The molecule has 0 aliphatic heterocycles. The number of nitrogens with zero attached hydrogens (tertiary/aromatic N) is 2. The van der Waals surface area contributed by atoms with E-state index in [1.54, 1.807) is 17.8 Å². The van der Waals surface area contributed by atoms with Crippen LogP contribution >= 0.6 is 0 Å². The maximum atomic E-state index is 12.3. The number of hydrogen-bond acceptors (Lipinski definition) is 3. The lowest BCUT2D eigenvalue weighted by Gasteiger charge is -2.15. The topological polar surface area (TPSA) is 53.1 Å². The first-order valence-electron chi connectivity index (χ1n) is 6.30. The van der Waals surface area contributed by atoms with E-state index in [9.17, 15) is 13.2 Å². The Morgan fingerprint density at radius 1 is 1.29 bits per heavy atom. The van der Waals surface area contributed by atoms with Crippen LogP contribution in [-0.2, 0) is 7.05 Å². The fraction of sp³-hybridized carbons (Fsp3) is 0.357. The third-order valence-electron chi connectivity index (χ3n) is 3.33. The van der Waals surface area contributed by atoms with Crippen molar-refractivity contribution in [3.05, 3.63) is 46.8 Å². The van der Waals surface area contributed by atoms with E-state index in [-0.39, 0.29) is 5.75 Å². The summed E-state index contributed by atoms with van der Waals surface area (Å²) in [6, 6.07) is 5.13. The van der Waals surface area contributed by atoms with Crippen LogP contribution in [-0.4, -0.2) is 16.1 Å². The largest absolute Gasteiger partial charge is 0.573 e. The Kier molecular flexibility index (Phi) is 3.95. The zero-order valence-corrected chi connectivity index (χ0v) is 11.9. The smallest absolute Gasteiger partial charge is 0.406 e. The molecule has 1 unspecified atom stereocenters. The molecule has 0 radical (unpaired) electrons. The molecule has 4 nitrogen and oxygen atoms in total. The summed E-state index contributed by atoms with van der Waals surface area (Å²) in [4.78, 5) is 0. The lowest BCUT2D eigenvalue weighted by atomic mass is 9.98. The van der Waals surface area contributed by atoms with Crippen molar-refractivity contribution >= 4 is 0 Å². The second-order valence-corrected chi connectivity index (χ2v) is 4.81. The SMILES string of the molecule is Cc1nn(C)c(C)c1C(N)c1cccc(OC(F)(F)F)c1. The zero-order valence-electron chi connectivity index (χ0n) is 11.9. The van der Waals surface area contributed by atoms with E-state index in [1.165, 1.54) is 18.2 Å². The molecule has 0 aliphatic carbocycles. The molecular formula is C14H16F3N3O. The van der Waals surface area contributed by atoms with Gasteiger partial charge in [0.2, 0.25) is 0 Å². The fourth-order valence-corrected chi connectivity index (χ4v) is 2.31. The minimum Gasteiger partial charge on any atom is -0.406 e. The molecular weight excluding hydrogens is 283 g/mol. The third-order valence-corrected chi connectivity index (χ3v) is 3.33. The van der Waals surface area contributed by atoms with Crippen molar-refractivity contribution in [1.82, 2.24) is 9.78 Å². The van der Waals surface area contributed by atoms with E-state index in [0.29, 0.717) is 5.56 Å². The predicted octanol–water partition coefficient (Wildman–Crippen LogP) is 2.98. The first kappa shape index (κ1) is 15.4. The number of nitrogens with two attached hydrogens (primary N) is 1. The Balaban J connectivity index is 2.35. The fourth-order valence-electron chi connectivity index (χ4n) is 2.31. The molecule has 2 rings (SSSR count). The van der Waals surface area contributed by atoms with Crippen molar-refractivity contribution in [1.29, 1.82) is 0 Å². The number of ether oxygens (including phenoxy) is 1. The van der Waals surface area contributed by atoms with Gasteiger partial charge in [-0.2, -0.15) is 5.10 Å². The monoisotopic (exact) mass is 299 g/mol. The van der Waals surface area contributed by atoms with Gasteiger partial charge in [0.15, 0.2) is 0 Å². The molecule has 1 atom stereocenters. The van der Waals surface area contributed by atoms with Gasteiger partial charge < -0.3 is 10.5 Å². The van der Waals surface area contributed by atoms with Gasteiger partial charge in [0.25, 0.3) is 0 Å². The Bertz CT molecular complexity index is 649. The molecule has 114 valence electrons. The van der Waals surface area contributed by atoms with E-state index < -0.39 is 12.4 Å². The van der Waals surface area contributed by atoms with Crippen LogP contribution in [0.2, 0.25) is 0 Å². The van der Waals surface area contributed by atoms with Gasteiger partial charge >= 0.3 is 6.36 Å². The molecule has 0 amide bonds. The number of halogens is 3. The predicted molar refractivity (Wildman–Crippen MR) is 71.8 cm³/mol. The van der Waals surface area contributed by atoms with Crippen LogP contribution in [0.4, 0.5) is 13.2 Å². The normalized spacial score (nSPS) is 13.3. The van der Waals surface area contributed by atoms with Gasteiger partial charge in [-0.15, -0.1) is 13.2 Å². The van der Waals surface area contributed by atoms with Crippen LogP contribution in [0.25, 0.3) is 0 Å². The first-order chi connectivity index (χ1) is 9.69. The van der Waals surface area contributed by atoms with Crippen LogP contribution in [0.3, 0.4) is 0 Å². The van der Waals surface area contributed by atoms with Crippen molar-refractivity contribution < 1.29 is 17.9 Å². The lowest BCUT2D eigenvalue weighted by molar-refractivity contribution is -0.274. The van der Waals surface area contributed by atoms with Crippen molar-refractivity contribution in [3.63, 3.8) is 0 Å². The van der Waals surface area contributed by atoms with Gasteiger partial charge in [0, 0.05) is 18.3 Å². The quantitative estimate of drug-likeness (QED) is 0.948. The molecule has 1 heterocycles. The van der Waals surface area contributed by atoms with E-state index in [1.807, 2.05) is 13.8 Å². The number of aryl methyl sites for hydroxylation is 2. The molecule has 21 heavy (non-hydrogen) atoms. The molecule has 0 aliphatic rings. The first-order valence-corrected chi connectivity index (χ1v) is 6.30. The molecule has 1 aromatic carbocycles. The highest BCUT2D eigenvalue weighted by Gasteiger charge is 2.31. The second-order valence-electron chi connectivity index (χ2n) is 4.81. The molecule has 0 saturated carbocycles. The summed E-state index contributed by atoms with van der Waals surface area (Å²) in [6.45, 7) is 3.68. The Labute approximate surface area is 120 Å². The van der Waals surface area contributed by atoms with Crippen molar-refractivity contribution in [2.75, 3.05) is 0 Å². The van der Waals surface area contributed by atoms with E-state index in [2.05, 4.69) is 9.84 Å². The average molecular weight is 299 g/mol. The lowest BCUT2D eigenvalue weighted by Crippen LogP contribution is -2.18. The molecule has 2 aromatic rings. The Morgan fingerprint density at radius 2 is 1.95 bits per heavy atom. The Hall–Kier alpha value is -2.02. The second kappa shape index (κ2) is 5.40. The summed E-state index contributed by atoms with van der Waals surface area (Å²) in [6.07, 6.45) is -4.72. The minimum atomic E-state index is -4.72. The number of rotatable bonds is 3. The number of benzene rings is 1. The van der Waals surface area contributed by atoms with Gasteiger partial charge in [0.05, 0.1) is 11.7 Å². The van der Waals surface area contributed by atoms with Crippen LogP contribution in [0.5, 0.6) is 5.75 Å². The Morgan fingerprint density at radius 3 is 2.48 bits per heavy atom. The maximum absolute atomic E-state index is 12.3. The van der Waals surface area contributed by atoms with E-state index >= 15 is 0 Å². The number of hydrogen-bond donors (Lipinski definition) is 1. The van der Waals surface area contributed by atoms with Gasteiger partial charge in [-0.05, 0) is 31.5 Å². The highest BCUT2D eigenvalue weighted by atomic mass is 19.4. The maximum Gasteiger partial charge on any atom is 0.573 e. The molecule has 7 heteroatoms. The summed E-state index contributed by atoms with van der Waals surface area (Å²) >= 11 is 0. The van der Waals surface area contributed by atoms with E-state index in [4.69, 9.17) is 5.73 Å². The molecule has 0 bridgehead atoms. The van der Waals surface area contributed by atoms with Gasteiger partial charge in [0.1, 0.15) is 5.75 Å². The highest BCUT2D eigenvalue weighted by Crippen LogP contribution is 2.29. The van der Waals surface area contributed by atoms with Crippen LogP contribution in [0.15, 0.2) is 24.3 Å².